The van der Waals surface area contributed by atoms with Crippen LogP contribution in [0, 0.1) is 6.92 Å². The van der Waals surface area contributed by atoms with Crippen molar-refractivity contribution < 1.29 is 14.6 Å². The van der Waals surface area contributed by atoms with E-state index in [1.807, 2.05) is 25.1 Å². The minimum atomic E-state index is -0.0900. The molecule has 1 aliphatic rings. The van der Waals surface area contributed by atoms with E-state index in [1.54, 1.807) is 4.90 Å². The largest absolute Gasteiger partial charge is 0.396 e. The van der Waals surface area contributed by atoms with Crippen LogP contribution in [0.3, 0.4) is 0 Å². The number of hydrogen-bond donors (Lipinski definition) is 1. The number of morpholine rings is 1. The number of anilines is 1. The van der Waals surface area contributed by atoms with Gasteiger partial charge in [-0.3, -0.25) is 4.79 Å². The molecule has 1 N–H and O–H groups in total. The van der Waals surface area contributed by atoms with Crippen LogP contribution in [0.4, 0.5) is 5.69 Å². The van der Waals surface area contributed by atoms with Gasteiger partial charge in [-0.1, -0.05) is 22.0 Å². The summed E-state index contributed by atoms with van der Waals surface area (Å²) in [4.78, 5) is 13.6. The summed E-state index contributed by atoms with van der Waals surface area (Å²) in [5.41, 5.74) is 2.00. The third-order valence-electron chi connectivity index (χ3n) is 3.05. The van der Waals surface area contributed by atoms with E-state index in [4.69, 9.17) is 9.84 Å². The lowest BCUT2D eigenvalue weighted by Gasteiger charge is -2.32. The van der Waals surface area contributed by atoms with Crippen molar-refractivity contribution in [3.05, 3.63) is 28.2 Å². The molecule has 1 unspecified atom stereocenters. The number of benzene rings is 1. The maximum absolute atomic E-state index is 11.9. The third kappa shape index (κ3) is 2.91. The molecular weight excluding hydrogens is 298 g/mol. The quantitative estimate of drug-likeness (QED) is 0.927. The van der Waals surface area contributed by atoms with Gasteiger partial charge in [0.2, 0.25) is 0 Å². The lowest BCUT2D eigenvalue weighted by atomic mass is 10.1. The van der Waals surface area contributed by atoms with Crippen LogP contribution in [0.1, 0.15) is 12.0 Å². The van der Waals surface area contributed by atoms with Gasteiger partial charge in [-0.2, -0.15) is 0 Å². The van der Waals surface area contributed by atoms with Crippen LogP contribution in [0.15, 0.2) is 22.7 Å². The van der Waals surface area contributed by atoms with Gasteiger partial charge >= 0.3 is 0 Å². The van der Waals surface area contributed by atoms with E-state index >= 15 is 0 Å². The Morgan fingerprint density at radius 2 is 2.33 bits per heavy atom. The summed E-state index contributed by atoms with van der Waals surface area (Å²) in [5, 5.41) is 8.93. The van der Waals surface area contributed by atoms with Crippen molar-refractivity contribution >= 4 is 27.5 Å². The molecule has 1 saturated heterocycles. The highest BCUT2D eigenvalue weighted by Gasteiger charge is 2.27. The lowest BCUT2D eigenvalue weighted by molar-refractivity contribution is -0.129. The van der Waals surface area contributed by atoms with E-state index in [2.05, 4.69) is 15.9 Å². The summed E-state index contributed by atoms with van der Waals surface area (Å²) in [6.07, 6.45) is 0.462. The number of carbonyl (C=O) groups is 1. The molecule has 1 fully saturated rings. The zero-order chi connectivity index (χ0) is 13.1. The van der Waals surface area contributed by atoms with Crippen LogP contribution in [-0.2, 0) is 9.53 Å². The standard InChI is InChI=1S/C13H16BrNO3/c1-9-2-3-10(6-12(9)14)15-7-11(4-5-16)18-8-13(15)17/h2-3,6,11,16H,4-5,7-8H2,1H3. The Bertz CT molecular complexity index is 450. The van der Waals surface area contributed by atoms with E-state index < -0.39 is 0 Å². The number of ether oxygens (including phenoxy) is 1. The van der Waals surface area contributed by atoms with Crippen molar-refractivity contribution in [1.82, 2.24) is 0 Å². The van der Waals surface area contributed by atoms with Gasteiger partial charge in [-0.05, 0) is 31.0 Å². The molecular formula is C13H16BrNO3. The van der Waals surface area contributed by atoms with Crippen molar-refractivity contribution in [2.75, 3.05) is 24.7 Å². The molecule has 0 aliphatic carbocycles. The number of aliphatic hydroxyl groups excluding tert-OH is 1. The monoisotopic (exact) mass is 313 g/mol. The first kappa shape index (κ1) is 13.5. The Hall–Kier alpha value is -0.910. The van der Waals surface area contributed by atoms with Crippen LogP contribution in [0.5, 0.6) is 0 Å². The SMILES string of the molecule is Cc1ccc(N2CC(CCO)OCC2=O)cc1Br. The maximum atomic E-state index is 11.9. The molecule has 1 aliphatic heterocycles. The van der Waals surface area contributed by atoms with Crippen LogP contribution >= 0.6 is 15.9 Å². The predicted molar refractivity (Wildman–Crippen MR) is 72.7 cm³/mol. The number of nitrogens with zero attached hydrogens (tertiary/aromatic N) is 1. The number of amides is 1. The summed E-state index contributed by atoms with van der Waals surface area (Å²) in [6, 6.07) is 5.84. The van der Waals surface area contributed by atoms with Crippen molar-refractivity contribution in [2.45, 2.75) is 19.4 Å². The smallest absolute Gasteiger partial charge is 0.253 e. The molecule has 4 nitrogen and oxygen atoms in total. The molecule has 0 spiro atoms. The number of aliphatic hydroxyl groups is 1. The topological polar surface area (TPSA) is 49.8 Å². The van der Waals surface area contributed by atoms with E-state index in [9.17, 15) is 4.79 Å². The van der Waals surface area contributed by atoms with Gasteiger partial charge in [0, 0.05) is 16.8 Å². The van der Waals surface area contributed by atoms with Gasteiger partial charge in [0.05, 0.1) is 12.6 Å². The zero-order valence-electron chi connectivity index (χ0n) is 10.2. The summed E-state index contributed by atoms with van der Waals surface area (Å²) in [5.74, 6) is -0.0417. The molecule has 1 amide bonds. The Morgan fingerprint density at radius 3 is 3.00 bits per heavy atom. The number of carbonyl (C=O) groups excluding carboxylic acids is 1. The van der Waals surface area contributed by atoms with E-state index in [1.165, 1.54) is 0 Å². The average Bonchev–Trinajstić information content (AvgIpc) is 2.35. The highest BCUT2D eigenvalue weighted by molar-refractivity contribution is 9.10. The molecule has 1 aromatic carbocycles. The van der Waals surface area contributed by atoms with Gasteiger partial charge in [0.25, 0.3) is 5.91 Å². The van der Waals surface area contributed by atoms with Crippen molar-refractivity contribution in [2.24, 2.45) is 0 Å². The fourth-order valence-corrected chi connectivity index (χ4v) is 2.31. The van der Waals surface area contributed by atoms with Crippen LogP contribution in [0.25, 0.3) is 0 Å². The van der Waals surface area contributed by atoms with Crippen LogP contribution in [0.2, 0.25) is 0 Å². The number of rotatable bonds is 3. The molecule has 0 radical (unpaired) electrons. The fourth-order valence-electron chi connectivity index (χ4n) is 1.94. The van der Waals surface area contributed by atoms with E-state index in [0.717, 1.165) is 15.7 Å². The highest BCUT2D eigenvalue weighted by atomic mass is 79.9. The summed E-state index contributed by atoms with van der Waals surface area (Å²) >= 11 is 3.47. The first-order valence-electron chi connectivity index (χ1n) is 5.91. The Balaban J connectivity index is 2.18. The van der Waals surface area contributed by atoms with Gasteiger partial charge in [0.15, 0.2) is 0 Å². The minimum Gasteiger partial charge on any atom is -0.396 e. The van der Waals surface area contributed by atoms with Gasteiger partial charge in [0.1, 0.15) is 6.61 Å². The molecule has 1 atom stereocenters. The molecule has 5 heteroatoms. The van der Waals surface area contributed by atoms with Crippen molar-refractivity contribution in [3.63, 3.8) is 0 Å². The van der Waals surface area contributed by atoms with Crippen LogP contribution in [-0.4, -0.2) is 36.9 Å². The molecule has 0 aromatic heterocycles. The van der Waals surface area contributed by atoms with Gasteiger partial charge in [-0.15, -0.1) is 0 Å². The second kappa shape index (κ2) is 5.82. The number of aryl methyl sites for hydroxylation is 1. The third-order valence-corrected chi connectivity index (χ3v) is 3.90. The lowest BCUT2D eigenvalue weighted by Crippen LogP contribution is -2.47. The van der Waals surface area contributed by atoms with Crippen molar-refractivity contribution in [1.29, 1.82) is 0 Å². The molecule has 2 rings (SSSR count). The van der Waals surface area contributed by atoms with Crippen LogP contribution < -0.4 is 4.90 Å². The summed E-state index contributed by atoms with van der Waals surface area (Å²) in [6.45, 7) is 2.65. The van der Waals surface area contributed by atoms with E-state index in [-0.39, 0.29) is 25.2 Å². The second-order valence-electron chi connectivity index (χ2n) is 4.38. The van der Waals surface area contributed by atoms with Gasteiger partial charge in [-0.25, -0.2) is 0 Å². The summed E-state index contributed by atoms with van der Waals surface area (Å²) in [7, 11) is 0. The first-order chi connectivity index (χ1) is 8.61. The normalized spacial score (nSPS) is 20.3. The Labute approximate surface area is 115 Å². The molecule has 98 valence electrons. The fraction of sp³-hybridized carbons (Fsp3) is 0.462. The Morgan fingerprint density at radius 1 is 1.56 bits per heavy atom. The number of hydrogen-bond acceptors (Lipinski definition) is 3. The molecule has 0 bridgehead atoms. The van der Waals surface area contributed by atoms with E-state index in [0.29, 0.717) is 13.0 Å². The second-order valence-corrected chi connectivity index (χ2v) is 5.24. The molecule has 0 saturated carbocycles. The zero-order valence-corrected chi connectivity index (χ0v) is 11.8. The maximum Gasteiger partial charge on any atom is 0.253 e. The first-order valence-corrected chi connectivity index (χ1v) is 6.70. The van der Waals surface area contributed by atoms with Crippen molar-refractivity contribution in [3.8, 4) is 0 Å². The molecule has 1 aromatic rings. The number of halogens is 1. The average molecular weight is 314 g/mol. The predicted octanol–water partition coefficient (Wildman–Crippen LogP) is 1.87. The molecule has 18 heavy (non-hydrogen) atoms. The molecule has 1 heterocycles. The van der Waals surface area contributed by atoms with Gasteiger partial charge < -0.3 is 14.7 Å². The highest BCUT2D eigenvalue weighted by Crippen LogP contribution is 2.25. The summed E-state index contributed by atoms with van der Waals surface area (Å²) < 4.78 is 6.36. The Kier molecular flexibility index (Phi) is 4.37. The minimum absolute atomic E-state index is 0.0417.